The SMILES string of the molecule is COc1ccc(C=C(C)C(O)(CCCc2ccccc2)C(C)CN(C)C)cc1. The van der Waals surface area contributed by atoms with Crippen molar-refractivity contribution in [1.82, 2.24) is 4.90 Å². The summed E-state index contributed by atoms with van der Waals surface area (Å²) in [6.07, 6.45) is 4.78. The highest BCUT2D eigenvalue weighted by atomic mass is 16.5. The quantitative estimate of drug-likeness (QED) is 0.625. The van der Waals surface area contributed by atoms with Gasteiger partial charge in [0, 0.05) is 12.5 Å². The molecule has 2 rings (SSSR count). The second kappa shape index (κ2) is 10.4. The molecule has 0 amide bonds. The van der Waals surface area contributed by atoms with Crippen molar-refractivity contribution in [2.75, 3.05) is 27.7 Å². The number of nitrogens with zero attached hydrogens (tertiary/aromatic N) is 1. The smallest absolute Gasteiger partial charge is 0.118 e. The molecule has 2 aromatic rings. The van der Waals surface area contributed by atoms with E-state index >= 15 is 0 Å². The van der Waals surface area contributed by atoms with Crippen molar-refractivity contribution in [2.24, 2.45) is 5.92 Å². The van der Waals surface area contributed by atoms with Crippen LogP contribution in [-0.4, -0.2) is 43.4 Å². The fourth-order valence-electron chi connectivity index (χ4n) is 3.81. The summed E-state index contributed by atoms with van der Waals surface area (Å²) in [6.45, 7) is 5.04. The maximum atomic E-state index is 11.7. The molecule has 0 spiro atoms. The van der Waals surface area contributed by atoms with Crippen LogP contribution in [0, 0.1) is 5.92 Å². The Labute approximate surface area is 170 Å². The van der Waals surface area contributed by atoms with E-state index in [2.05, 4.69) is 63.2 Å². The van der Waals surface area contributed by atoms with Gasteiger partial charge in [-0.15, -0.1) is 0 Å². The molecule has 2 unspecified atom stereocenters. The minimum Gasteiger partial charge on any atom is -0.497 e. The predicted molar refractivity (Wildman–Crippen MR) is 119 cm³/mol. The van der Waals surface area contributed by atoms with Crippen molar-refractivity contribution in [2.45, 2.75) is 38.7 Å². The first-order valence-electron chi connectivity index (χ1n) is 10.1. The standard InChI is InChI=1S/C25H35NO2/c1-20(18-23-13-15-24(28-5)16-14-23)25(27,21(2)19-26(3)4)17-9-12-22-10-7-6-8-11-22/h6-8,10-11,13-16,18,21,27H,9,12,17,19H2,1-5H3. The van der Waals surface area contributed by atoms with Crippen molar-refractivity contribution >= 4 is 6.08 Å². The molecule has 1 N–H and O–H groups in total. The van der Waals surface area contributed by atoms with E-state index in [-0.39, 0.29) is 5.92 Å². The Morgan fingerprint density at radius 3 is 2.32 bits per heavy atom. The molecule has 0 bridgehead atoms. The third-order valence-electron chi connectivity index (χ3n) is 5.50. The summed E-state index contributed by atoms with van der Waals surface area (Å²) in [5.41, 5.74) is 2.58. The maximum absolute atomic E-state index is 11.7. The van der Waals surface area contributed by atoms with E-state index in [0.717, 1.165) is 42.7 Å². The van der Waals surface area contributed by atoms with Gasteiger partial charge in [-0.2, -0.15) is 0 Å². The van der Waals surface area contributed by atoms with Crippen LogP contribution in [0.15, 0.2) is 60.2 Å². The van der Waals surface area contributed by atoms with Crippen molar-refractivity contribution in [1.29, 1.82) is 0 Å². The van der Waals surface area contributed by atoms with Gasteiger partial charge < -0.3 is 14.7 Å². The van der Waals surface area contributed by atoms with Gasteiger partial charge in [-0.1, -0.05) is 55.5 Å². The molecule has 3 heteroatoms. The van der Waals surface area contributed by atoms with Crippen LogP contribution < -0.4 is 4.74 Å². The Bertz CT molecular complexity index is 737. The normalized spacial score (nSPS) is 15.3. The lowest BCUT2D eigenvalue weighted by atomic mass is 9.77. The molecule has 0 saturated heterocycles. The fourth-order valence-corrected chi connectivity index (χ4v) is 3.81. The van der Waals surface area contributed by atoms with Crippen LogP contribution in [0.5, 0.6) is 5.75 Å². The van der Waals surface area contributed by atoms with E-state index in [0.29, 0.717) is 0 Å². The Kier molecular flexibility index (Phi) is 8.28. The van der Waals surface area contributed by atoms with Gasteiger partial charge in [0.15, 0.2) is 0 Å². The molecule has 28 heavy (non-hydrogen) atoms. The number of hydrogen-bond acceptors (Lipinski definition) is 3. The number of benzene rings is 2. The molecular formula is C25H35NO2. The highest BCUT2D eigenvalue weighted by Crippen LogP contribution is 2.33. The van der Waals surface area contributed by atoms with Gasteiger partial charge in [0.05, 0.1) is 12.7 Å². The minimum atomic E-state index is -0.834. The lowest BCUT2D eigenvalue weighted by molar-refractivity contribution is 0.00550. The minimum absolute atomic E-state index is 0.132. The van der Waals surface area contributed by atoms with E-state index in [1.165, 1.54) is 5.56 Å². The summed E-state index contributed by atoms with van der Waals surface area (Å²) in [5, 5.41) is 11.7. The van der Waals surface area contributed by atoms with Gasteiger partial charge >= 0.3 is 0 Å². The summed E-state index contributed by atoms with van der Waals surface area (Å²) in [6, 6.07) is 18.5. The largest absolute Gasteiger partial charge is 0.497 e. The van der Waals surface area contributed by atoms with Crippen LogP contribution in [0.1, 0.15) is 37.8 Å². The van der Waals surface area contributed by atoms with E-state index in [9.17, 15) is 5.11 Å². The van der Waals surface area contributed by atoms with Crippen molar-refractivity contribution in [3.8, 4) is 5.75 Å². The van der Waals surface area contributed by atoms with Gasteiger partial charge in [0.25, 0.3) is 0 Å². The van der Waals surface area contributed by atoms with Crippen LogP contribution in [0.4, 0.5) is 0 Å². The fraction of sp³-hybridized carbons (Fsp3) is 0.440. The van der Waals surface area contributed by atoms with Crippen LogP contribution >= 0.6 is 0 Å². The average Bonchev–Trinajstić information content (AvgIpc) is 2.68. The number of ether oxygens (including phenoxy) is 1. The number of methoxy groups -OCH3 is 1. The summed E-state index contributed by atoms with van der Waals surface area (Å²) in [7, 11) is 5.79. The molecule has 0 aliphatic heterocycles. The Hall–Kier alpha value is -2.10. The van der Waals surface area contributed by atoms with Gasteiger partial charge in [-0.25, -0.2) is 0 Å². The Balaban J connectivity index is 2.18. The van der Waals surface area contributed by atoms with Gasteiger partial charge in [-0.3, -0.25) is 0 Å². The van der Waals surface area contributed by atoms with Gasteiger partial charge in [0.2, 0.25) is 0 Å². The molecule has 0 radical (unpaired) electrons. The summed E-state index contributed by atoms with van der Waals surface area (Å²) in [4.78, 5) is 2.15. The lowest BCUT2D eigenvalue weighted by Crippen LogP contribution is -2.42. The molecule has 0 aromatic heterocycles. The van der Waals surface area contributed by atoms with E-state index in [1.807, 2.05) is 30.3 Å². The van der Waals surface area contributed by atoms with Crippen LogP contribution in [0.25, 0.3) is 6.08 Å². The molecule has 2 aromatic carbocycles. The topological polar surface area (TPSA) is 32.7 Å². The third-order valence-corrected chi connectivity index (χ3v) is 5.50. The first kappa shape index (κ1) is 22.2. The van der Waals surface area contributed by atoms with E-state index in [1.54, 1.807) is 7.11 Å². The molecule has 0 heterocycles. The third kappa shape index (κ3) is 6.22. The molecule has 0 aliphatic carbocycles. The molecule has 2 atom stereocenters. The number of aliphatic hydroxyl groups is 1. The molecule has 0 aliphatic rings. The van der Waals surface area contributed by atoms with E-state index in [4.69, 9.17) is 4.74 Å². The first-order valence-corrected chi connectivity index (χ1v) is 10.1. The number of rotatable bonds is 10. The van der Waals surface area contributed by atoms with Gasteiger partial charge in [0.1, 0.15) is 5.75 Å². The second-order valence-corrected chi connectivity index (χ2v) is 8.03. The number of hydrogen-bond donors (Lipinski definition) is 1. The molecule has 3 nitrogen and oxygen atoms in total. The van der Waals surface area contributed by atoms with Crippen LogP contribution in [-0.2, 0) is 6.42 Å². The molecular weight excluding hydrogens is 346 g/mol. The molecule has 152 valence electrons. The van der Waals surface area contributed by atoms with Crippen molar-refractivity contribution in [3.63, 3.8) is 0 Å². The van der Waals surface area contributed by atoms with Gasteiger partial charge in [-0.05, 0) is 69.1 Å². The Morgan fingerprint density at radius 1 is 1.11 bits per heavy atom. The maximum Gasteiger partial charge on any atom is 0.118 e. The number of aryl methyl sites for hydroxylation is 1. The van der Waals surface area contributed by atoms with Crippen molar-refractivity contribution < 1.29 is 9.84 Å². The zero-order chi connectivity index (χ0) is 20.6. The molecule has 0 saturated carbocycles. The summed E-state index contributed by atoms with van der Waals surface area (Å²) < 4.78 is 5.24. The summed E-state index contributed by atoms with van der Waals surface area (Å²) >= 11 is 0. The van der Waals surface area contributed by atoms with Crippen molar-refractivity contribution in [3.05, 3.63) is 71.3 Å². The summed E-state index contributed by atoms with van der Waals surface area (Å²) in [5.74, 6) is 0.974. The zero-order valence-electron chi connectivity index (χ0n) is 18.0. The second-order valence-electron chi connectivity index (χ2n) is 8.03. The van der Waals surface area contributed by atoms with E-state index < -0.39 is 5.60 Å². The highest BCUT2D eigenvalue weighted by Gasteiger charge is 2.35. The zero-order valence-corrected chi connectivity index (χ0v) is 18.0. The first-order chi connectivity index (χ1) is 13.3. The Morgan fingerprint density at radius 2 is 1.75 bits per heavy atom. The highest BCUT2D eigenvalue weighted by molar-refractivity contribution is 5.55. The molecule has 0 fully saturated rings. The predicted octanol–water partition coefficient (Wildman–Crippen LogP) is 5.05. The lowest BCUT2D eigenvalue weighted by Gasteiger charge is -2.37. The van der Waals surface area contributed by atoms with Crippen LogP contribution in [0.2, 0.25) is 0 Å². The monoisotopic (exact) mass is 381 g/mol. The average molecular weight is 382 g/mol. The van der Waals surface area contributed by atoms with Crippen LogP contribution in [0.3, 0.4) is 0 Å².